The first-order valence-electron chi connectivity index (χ1n) is 7.52. The molecule has 1 unspecified atom stereocenters. The molecule has 7 heteroatoms. The molecule has 0 radical (unpaired) electrons. The second-order valence-electron chi connectivity index (χ2n) is 4.81. The Hall–Kier alpha value is -2.31. The lowest BCUT2D eigenvalue weighted by Crippen LogP contribution is -2.43. The number of methoxy groups -OCH3 is 1. The Labute approximate surface area is 136 Å². The maximum Gasteiger partial charge on any atom is 0.307 e. The number of nitrogens with one attached hydrogen (secondary N) is 2. The van der Waals surface area contributed by atoms with E-state index in [1.54, 1.807) is 19.2 Å². The third-order valence-corrected chi connectivity index (χ3v) is 3.12. The van der Waals surface area contributed by atoms with Gasteiger partial charge in [0.05, 0.1) is 20.1 Å². The number of rotatable bonds is 8. The van der Waals surface area contributed by atoms with Crippen LogP contribution in [0.5, 0.6) is 5.75 Å². The van der Waals surface area contributed by atoms with E-state index in [-0.39, 0.29) is 24.3 Å². The van der Waals surface area contributed by atoms with Gasteiger partial charge in [-0.1, -0.05) is 13.0 Å². The average Bonchev–Trinajstić information content (AvgIpc) is 2.56. The molecule has 1 aromatic rings. The van der Waals surface area contributed by atoms with Gasteiger partial charge in [0.25, 0.3) is 0 Å². The Bertz CT molecular complexity index is 523. The van der Waals surface area contributed by atoms with Crippen LogP contribution in [0.4, 0.5) is 4.39 Å². The number of nitrogens with zero attached hydrogens (tertiary/aromatic N) is 1. The van der Waals surface area contributed by atoms with Crippen LogP contribution in [-0.4, -0.2) is 45.3 Å². The first kappa shape index (κ1) is 18.7. The molecule has 0 saturated heterocycles. The van der Waals surface area contributed by atoms with Crippen molar-refractivity contribution in [1.82, 2.24) is 10.6 Å². The highest BCUT2D eigenvalue weighted by atomic mass is 19.1. The molecule has 0 bridgehead atoms. The van der Waals surface area contributed by atoms with Crippen molar-refractivity contribution in [2.24, 2.45) is 4.99 Å². The lowest BCUT2D eigenvalue weighted by atomic mass is 10.2. The van der Waals surface area contributed by atoms with E-state index in [4.69, 9.17) is 4.74 Å². The summed E-state index contributed by atoms with van der Waals surface area (Å²) < 4.78 is 23.5. The van der Waals surface area contributed by atoms with Crippen LogP contribution in [0, 0.1) is 5.82 Å². The number of esters is 1. The van der Waals surface area contributed by atoms with Crippen LogP contribution in [0.1, 0.15) is 19.8 Å². The highest BCUT2D eigenvalue weighted by Gasteiger charge is 2.10. The van der Waals surface area contributed by atoms with Crippen LogP contribution in [0.2, 0.25) is 0 Å². The van der Waals surface area contributed by atoms with E-state index < -0.39 is 0 Å². The van der Waals surface area contributed by atoms with Crippen LogP contribution in [0.3, 0.4) is 0 Å². The molecule has 2 N–H and O–H groups in total. The monoisotopic (exact) mass is 325 g/mol. The highest BCUT2D eigenvalue weighted by molar-refractivity contribution is 5.80. The van der Waals surface area contributed by atoms with Gasteiger partial charge < -0.3 is 20.1 Å². The van der Waals surface area contributed by atoms with Gasteiger partial charge in [-0.15, -0.1) is 0 Å². The summed E-state index contributed by atoms with van der Waals surface area (Å²) in [6.07, 6.45) is 0.882. The molecular formula is C16H24FN3O3. The Morgan fingerprint density at radius 1 is 1.39 bits per heavy atom. The lowest BCUT2D eigenvalue weighted by Gasteiger charge is -2.20. The van der Waals surface area contributed by atoms with Gasteiger partial charge >= 0.3 is 5.97 Å². The first-order valence-corrected chi connectivity index (χ1v) is 7.52. The fourth-order valence-corrected chi connectivity index (χ4v) is 1.82. The van der Waals surface area contributed by atoms with Crippen molar-refractivity contribution in [3.8, 4) is 5.75 Å². The minimum atomic E-state index is -0.328. The Morgan fingerprint density at radius 2 is 2.17 bits per heavy atom. The molecule has 0 fully saturated rings. The number of halogens is 1. The molecule has 0 aliphatic heterocycles. The van der Waals surface area contributed by atoms with Crippen molar-refractivity contribution < 1.29 is 18.7 Å². The molecule has 6 nitrogen and oxygen atoms in total. The quantitative estimate of drug-likeness (QED) is 0.432. The Morgan fingerprint density at radius 3 is 2.78 bits per heavy atom. The number of ether oxygens (including phenoxy) is 2. The summed E-state index contributed by atoms with van der Waals surface area (Å²) >= 11 is 0. The van der Waals surface area contributed by atoms with Crippen molar-refractivity contribution in [1.29, 1.82) is 0 Å². The van der Waals surface area contributed by atoms with Gasteiger partial charge in [-0.3, -0.25) is 9.79 Å². The summed E-state index contributed by atoms with van der Waals surface area (Å²) in [7, 11) is 2.99. The normalized spacial score (nSPS) is 12.4. The van der Waals surface area contributed by atoms with Gasteiger partial charge in [-0.25, -0.2) is 4.39 Å². The third-order valence-electron chi connectivity index (χ3n) is 3.12. The smallest absolute Gasteiger partial charge is 0.307 e. The minimum Gasteiger partial charge on any atom is -0.489 e. The van der Waals surface area contributed by atoms with Gasteiger partial charge in [-0.2, -0.15) is 0 Å². The summed E-state index contributed by atoms with van der Waals surface area (Å²) in [4.78, 5) is 15.1. The fraction of sp³-hybridized carbons (Fsp3) is 0.500. The zero-order valence-corrected chi connectivity index (χ0v) is 13.8. The molecule has 0 saturated carbocycles. The Balaban J connectivity index is 2.41. The SMILES string of the molecule is CCC(CNC(=NC)NCCC(=O)OC)Oc1cccc(F)c1. The van der Waals surface area contributed by atoms with E-state index in [1.807, 2.05) is 6.92 Å². The molecular weight excluding hydrogens is 301 g/mol. The van der Waals surface area contributed by atoms with Crippen molar-refractivity contribution in [2.75, 3.05) is 27.2 Å². The number of carbonyl (C=O) groups excluding carboxylic acids is 1. The van der Waals surface area contributed by atoms with Gasteiger partial charge in [0.1, 0.15) is 17.7 Å². The molecule has 1 rings (SSSR count). The number of carbonyl (C=O) groups is 1. The number of hydrogen-bond acceptors (Lipinski definition) is 4. The van der Waals surface area contributed by atoms with Crippen LogP contribution in [0.25, 0.3) is 0 Å². The predicted molar refractivity (Wildman–Crippen MR) is 87.1 cm³/mol. The first-order chi connectivity index (χ1) is 11.1. The fourth-order valence-electron chi connectivity index (χ4n) is 1.82. The lowest BCUT2D eigenvalue weighted by molar-refractivity contribution is -0.140. The van der Waals surface area contributed by atoms with E-state index >= 15 is 0 Å². The molecule has 1 atom stereocenters. The summed E-state index contributed by atoms with van der Waals surface area (Å²) in [5, 5.41) is 6.12. The number of benzene rings is 1. The Kier molecular flexibility index (Phi) is 8.49. The molecule has 0 spiro atoms. The zero-order chi connectivity index (χ0) is 17.1. The maximum atomic E-state index is 13.2. The molecule has 0 aliphatic rings. The summed E-state index contributed by atoms with van der Waals surface area (Å²) in [6, 6.07) is 6.05. The molecule has 0 aliphatic carbocycles. The minimum absolute atomic E-state index is 0.129. The third kappa shape index (κ3) is 7.49. The van der Waals surface area contributed by atoms with E-state index in [2.05, 4.69) is 20.4 Å². The summed E-state index contributed by atoms with van der Waals surface area (Å²) in [5.41, 5.74) is 0. The van der Waals surface area contributed by atoms with Crippen LogP contribution >= 0.6 is 0 Å². The second kappa shape index (κ2) is 10.4. The molecule has 128 valence electrons. The topological polar surface area (TPSA) is 72.0 Å². The maximum absolute atomic E-state index is 13.2. The highest BCUT2D eigenvalue weighted by Crippen LogP contribution is 2.14. The van der Waals surface area contributed by atoms with Crippen LogP contribution in [-0.2, 0) is 9.53 Å². The van der Waals surface area contributed by atoms with Crippen molar-refractivity contribution >= 4 is 11.9 Å². The molecule has 0 aromatic heterocycles. The standard InChI is InChI=1S/C16H24FN3O3/c1-4-13(23-14-7-5-6-12(17)10-14)11-20-16(18-2)19-9-8-15(21)22-3/h5-7,10,13H,4,8-9,11H2,1-3H3,(H2,18,19,20). The number of guanidine groups is 1. The molecule has 1 aromatic carbocycles. The van der Waals surface area contributed by atoms with Gasteiger partial charge in [0.15, 0.2) is 5.96 Å². The van der Waals surface area contributed by atoms with E-state index in [1.165, 1.54) is 19.2 Å². The zero-order valence-electron chi connectivity index (χ0n) is 13.8. The second-order valence-corrected chi connectivity index (χ2v) is 4.81. The van der Waals surface area contributed by atoms with E-state index in [0.29, 0.717) is 24.8 Å². The van der Waals surface area contributed by atoms with Gasteiger partial charge in [0.2, 0.25) is 0 Å². The van der Waals surface area contributed by atoms with Crippen molar-refractivity contribution in [2.45, 2.75) is 25.9 Å². The molecule has 23 heavy (non-hydrogen) atoms. The van der Waals surface area contributed by atoms with Crippen LogP contribution in [0.15, 0.2) is 29.3 Å². The van der Waals surface area contributed by atoms with Crippen LogP contribution < -0.4 is 15.4 Å². The van der Waals surface area contributed by atoms with Crippen molar-refractivity contribution in [3.05, 3.63) is 30.1 Å². The van der Waals surface area contributed by atoms with Crippen molar-refractivity contribution in [3.63, 3.8) is 0 Å². The number of aliphatic imine (C=N–C) groups is 1. The van der Waals surface area contributed by atoms with E-state index in [9.17, 15) is 9.18 Å². The average molecular weight is 325 g/mol. The largest absolute Gasteiger partial charge is 0.489 e. The van der Waals surface area contributed by atoms with E-state index in [0.717, 1.165) is 6.42 Å². The molecule has 0 heterocycles. The van der Waals surface area contributed by atoms with Gasteiger partial charge in [-0.05, 0) is 18.6 Å². The van der Waals surface area contributed by atoms with Gasteiger partial charge in [0, 0.05) is 19.7 Å². The molecule has 0 amide bonds. The predicted octanol–water partition coefficient (Wildman–Crippen LogP) is 1.71. The summed E-state index contributed by atoms with van der Waals surface area (Å²) in [5.74, 6) is 0.446. The number of hydrogen-bond donors (Lipinski definition) is 2. The summed E-state index contributed by atoms with van der Waals surface area (Å²) in [6.45, 7) is 2.91.